The van der Waals surface area contributed by atoms with Crippen LogP contribution in [0.3, 0.4) is 0 Å². The molecule has 1 aromatic carbocycles. The van der Waals surface area contributed by atoms with Gasteiger partial charge in [-0.05, 0) is 49.4 Å². The van der Waals surface area contributed by atoms with Crippen LogP contribution in [0.4, 0.5) is 5.69 Å². The molecule has 1 amide bonds. The van der Waals surface area contributed by atoms with Crippen molar-refractivity contribution in [2.75, 3.05) is 18.9 Å². The molecule has 0 spiro atoms. The first-order valence-electron chi connectivity index (χ1n) is 7.12. The summed E-state index contributed by atoms with van der Waals surface area (Å²) in [5, 5.41) is 3.11. The van der Waals surface area contributed by atoms with E-state index < -0.39 is 0 Å². The van der Waals surface area contributed by atoms with E-state index in [4.69, 9.17) is 0 Å². The third-order valence-corrected chi connectivity index (χ3v) is 3.56. The molecule has 1 saturated carbocycles. The molecule has 0 heterocycles. The molecule has 1 aromatic rings. The van der Waals surface area contributed by atoms with Crippen molar-refractivity contribution in [1.29, 1.82) is 0 Å². The SMILES string of the molecule is CNc1ccc(C(=O)N(CC(C)C)C2CC2)c(C)c1. The number of hydrogen-bond acceptors (Lipinski definition) is 2. The summed E-state index contributed by atoms with van der Waals surface area (Å²) in [6, 6.07) is 6.42. The maximum atomic E-state index is 12.7. The van der Waals surface area contributed by atoms with E-state index in [1.807, 2.05) is 32.2 Å². The lowest BCUT2D eigenvalue weighted by Gasteiger charge is -2.25. The van der Waals surface area contributed by atoms with Crippen molar-refractivity contribution >= 4 is 11.6 Å². The van der Waals surface area contributed by atoms with Gasteiger partial charge in [0.2, 0.25) is 0 Å². The fraction of sp³-hybridized carbons (Fsp3) is 0.562. The first kappa shape index (κ1) is 13.9. The lowest BCUT2D eigenvalue weighted by molar-refractivity contribution is 0.0722. The van der Waals surface area contributed by atoms with Crippen LogP contribution in [0.1, 0.15) is 42.6 Å². The summed E-state index contributed by atoms with van der Waals surface area (Å²) in [5.74, 6) is 0.706. The molecule has 0 saturated heterocycles. The highest BCUT2D eigenvalue weighted by Crippen LogP contribution is 2.30. The van der Waals surface area contributed by atoms with Gasteiger partial charge in [-0.2, -0.15) is 0 Å². The third-order valence-electron chi connectivity index (χ3n) is 3.56. The van der Waals surface area contributed by atoms with Crippen LogP contribution in [0.5, 0.6) is 0 Å². The van der Waals surface area contributed by atoms with Gasteiger partial charge in [0, 0.05) is 30.9 Å². The normalized spacial score (nSPS) is 14.6. The Balaban J connectivity index is 2.21. The highest BCUT2D eigenvalue weighted by Gasteiger charge is 2.33. The molecule has 0 aliphatic heterocycles. The van der Waals surface area contributed by atoms with Gasteiger partial charge in [-0.25, -0.2) is 0 Å². The Bertz CT molecular complexity index is 464. The van der Waals surface area contributed by atoms with Gasteiger partial charge in [0.15, 0.2) is 0 Å². The van der Waals surface area contributed by atoms with Crippen molar-refractivity contribution in [3.8, 4) is 0 Å². The highest BCUT2D eigenvalue weighted by molar-refractivity contribution is 5.96. The zero-order valence-corrected chi connectivity index (χ0v) is 12.4. The van der Waals surface area contributed by atoms with Gasteiger partial charge in [0.25, 0.3) is 5.91 Å². The number of carbonyl (C=O) groups excluding carboxylic acids is 1. The molecule has 1 aliphatic carbocycles. The molecule has 0 aromatic heterocycles. The molecule has 104 valence electrons. The molecule has 1 N–H and O–H groups in total. The topological polar surface area (TPSA) is 32.3 Å². The fourth-order valence-corrected chi connectivity index (χ4v) is 2.39. The number of anilines is 1. The molecule has 2 rings (SSSR count). The van der Waals surface area contributed by atoms with Crippen LogP contribution in [0.25, 0.3) is 0 Å². The van der Waals surface area contributed by atoms with Gasteiger partial charge >= 0.3 is 0 Å². The predicted octanol–water partition coefficient (Wildman–Crippen LogP) is 3.30. The second-order valence-corrected chi connectivity index (χ2v) is 5.86. The summed E-state index contributed by atoms with van der Waals surface area (Å²) in [6.07, 6.45) is 2.32. The van der Waals surface area contributed by atoms with Crippen LogP contribution in [0, 0.1) is 12.8 Å². The van der Waals surface area contributed by atoms with Crippen LogP contribution in [-0.4, -0.2) is 30.4 Å². The Morgan fingerprint density at radius 3 is 2.58 bits per heavy atom. The van der Waals surface area contributed by atoms with Gasteiger partial charge < -0.3 is 10.2 Å². The lowest BCUT2D eigenvalue weighted by atomic mass is 10.1. The molecular formula is C16H24N2O. The monoisotopic (exact) mass is 260 g/mol. The van der Waals surface area contributed by atoms with Gasteiger partial charge in [-0.15, -0.1) is 0 Å². The number of hydrogen-bond donors (Lipinski definition) is 1. The molecule has 19 heavy (non-hydrogen) atoms. The molecule has 3 nitrogen and oxygen atoms in total. The van der Waals surface area contributed by atoms with Gasteiger partial charge in [0.1, 0.15) is 0 Å². The van der Waals surface area contributed by atoms with Gasteiger partial charge in [-0.1, -0.05) is 13.8 Å². The second-order valence-electron chi connectivity index (χ2n) is 5.86. The number of benzene rings is 1. The Hall–Kier alpha value is -1.51. The van der Waals surface area contributed by atoms with Crippen LogP contribution in [0.2, 0.25) is 0 Å². The summed E-state index contributed by atoms with van der Waals surface area (Å²) >= 11 is 0. The minimum Gasteiger partial charge on any atom is -0.388 e. The van der Waals surface area contributed by atoms with Crippen molar-refractivity contribution in [2.24, 2.45) is 5.92 Å². The van der Waals surface area contributed by atoms with E-state index in [-0.39, 0.29) is 5.91 Å². The smallest absolute Gasteiger partial charge is 0.254 e. The van der Waals surface area contributed by atoms with Crippen LogP contribution in [-0.2, 0) is 0 Å². The van der Waals surface area contributed by atoms with E-state index in [0.29, 0.717) is 12.0 Å². The Morgan fingerprint density at radius 1 is 1.42 bits per heavy atom. The van der Waals surface area contributed by atoms with Gasteiger partial charge in [-0.3, -0.25) is 4.79 Å². The maximum Gasteiger partial charge on any atom is 0.254 e. The number of carbonyl (C=O) groups is 1. The average Bonchev–Trinajstić information content (AvgIpc) is 3.19. The molecule has 1 aliphatic rings. The lowest BCUT2D eigenvalue weighted by Crippen LogP contribution is -2.36. The van der Waals surface area contributed by atoms with Crippen molar-refractivity contribution in [2.45, 2.75) is 39.7 Å². The average molecular weight is 260 g/mol. The molecule has 1 fully saturated rings. The summed E-state index contributed by atoms with van der Waals surface area (Å²) in [5.41, 5.74) is 2.94. The molecule has 3 heteroatoms. The summed E-state index contributed by atoms with van der Waals surface area (Å²) in [6.45, 7) is 7.20. The molecule has 0 radical (unpaired) electrons. The van der Waals surface area contributed by atoms with Crippen molar-refractivity contribution in [3.05, 3.63) is 29.3 Å². The van der Waals surface area contributed by atoms with Gasteiger partial charge in [0.05, 0.1) is 0 Å². The number of nitrogens with one attached hydrogen (secondary N) is 1. The van der Waals surface area contributed by atoms with Crippen molar-refractivity contribution < 1.29 is 4.79 Å². The molecule has 0 unspecified atom stereocenters. The minimum atomic E-state index is 0.191. The van der Waals surface area contributed by atoms with E-state index in [1.165, 1.54) is 0 Å². The van der Waals surface area contributed by atoms with Crippen molar-refractivity contribution in [1.82, 2.24) is 4.90 Å². The highest BCUT2D eigenvalue weighted by atomic mass is 16.2. The molecule has 0 atom stereocenters. The number of amides is 1. The zero-order chi connectivity index (χ0) is 14.0. The zero-order valence-electron chi connectivity index (χ0n) is 12.4. The Morgan fingerprint density at radius 2 is 2.11 bits per heavy atom. The first-order valence-corrected chi connectivity index (χ1v) is 7.12. The summed E-state index contributed by atoms with van der Waals surface area (Å²) < 4.78 is 0. The van der Waals surface area contributed by atoms with E-state index in [0.717, 1.165) is 36.2 Å². The number of aryl methyl sites for hydroxylation is 1. The van der Waals surface area contributed by atoms with Crippen LogP contribution in [0.15, 0.2) is 18.2 Å². The van der Waals surface area contributed by atoms with E-state index in [2.05, 4.69) is 24.1 Å². The summed E-state index contributed by atoms with van der Waals surface area (Å²) in [4.78, 5) is 14.7. The number of nitrogens with zero attached hydrogens (tertiary/aromatic N) is 1. The minimum absolute atomic E-state index is 0.191. The van der Waals surface area contributed by atoms with E-state index >= 15 is 0 Å². The van der Waals surface area contributed by atoms with E-state index in [1.54, 1.807) is 0 Å². The summed E-state index contributed by atoms with van der Waals surface area (Å²) in [7, 11) is 1.89. The standard InChI is InChI=1S/C16H24N2O/c1-11(2)10-18(14-6-7-14)16(19)15-8-5-13(17-4)9-12(15)3/h5,8-9,11,14,17H,6-7,10H2,1-4H3. The quantitative estimate of drug-likeness (QED) is 0.881. The third kappa shape index (κ3) is 3.28. The first-order chi connectivity index (χ1) is 9.02. The van der Waals surface area contributed by atoms with Crippen molar-refractivity contribution in [3.63, 3.8) is 0 Å². The fourth-order valence-electron chi connectivity index (χ4n) is 2.39. The number of rotatable bonds is 5. The molecular weight excluding hydrogens is 236 g/mol. The van der Waals surface area contributed by atoms with E-state index in [9.17, 15) is 4.79 Å². The maximum absolute atomic E-state index is 12.7. The Kier molecular flexibility index (Phi) is 4.13. The predicted molar refractivity (Wildman–Crippen MR) is 79.6 cm³/mol. The second kappa shape index (κ2) is 5.64. The van der Waals surface area contributed by atoms with Crippen LogP contribution >= 0.6 is 0 Å². The Labute approximate surface area is 116 Å². The molecule has 0 bridgehead atoms. The van der Waals surface area contributed by atoms with Crippen LogP contribution < -0.4 is 5.32 Å². The largest absolute Gasteiger partial charge is 0.388 e.